The Bertz CT molecular complexity index is 684. The summed E-state index contributed by atoms with van der Waals surface area (Å²) in [5.74, 6) is -1.78. The van der Waals surface area contributed by atoms with Crippen LogP contribution in [0, 0.1) is 0 Å². The Morgan fingerprint density at radius 2 is 1.87 bits per heavy atom. The lowest BCUT2D eigenvalue weighted by Gasteiger charge is -2.12. The molecule has 0 saturated heterocycles. The summed E-state index contributed by atoms with van der Waals surface area (Å²) in [6, 6.07) is 7.90. The van der Waals surface area contributed by atoms with Gasteiger partial charge >= 0.3 is 12.1 Å². The molecule has 0 fully saturated rings. The lowest BCUT2D eigenvalue weighted by molar-refractivity contribution is -0.138. The van der Waals surface area contributed by atoms with Crippen molar-refractivity contribution in [2.75, 3.05) is 6.61 Å². The van der Waals surface area contributed by atoms with Gasteiger partial charge in [-0.25, -0.2) is 4.79 Å². The fourth-order valence-electron chi connectivity index (χ4n) is 1.77. The Morgan fingerprint density at radius 3 is 2.52 bits per heavy atom. The van der Waals surface area contributed by atoms with Gasteiger partial charge in [0, 0.05) is 4.88 Å². The summed E-state index contributed by atoms with van der Waals surface area (Å²) in [6.45, 7) is -0.371. The molecule has 1 heterocycles. The lowest BCUT2D eigenvalue weighted by Crippen LogP contribution is -2.28. The summed E-state index contributed by atoms with van der Waals surface area (Å²) < 4.78 is 43.0. The van der Waals surface area contributed by atoms with E-state index in [1.807, 2.05) is 17.5 Å². The van der Waals surface area contributed by atoms with Gasteiger partial charge in [0.25, 0.3) is 5.91 Å². The second kappa shape index (κ2) is 7.28. The zero-order valence-corrected chi connectivity index (χ0v) is 12.5. The highest BCUT2D eigenvalue weighted by molar-refractivity contribution is 7.09. The van der Waals surface area contributed by atoms with Crippen molar-refractivity contribution in [3.05, 3.63) is 57.8 Å². The number of hydrogen-bond donors (Lipinski definition) is 1. The van der Waals surface area contributed by atoms with Crippen LogP contribution in [-0.4, -0.2) is 18.5 Å². The number of carbonyl (C=O) groups is 2. The number of alkyl halides is 3. The SMILES string of the molecule is O=C(COC(=O)c1ccccc1C(F)(F)F)NCc1cccs1. The van der Waals surface area contributed by atoms with Gasteiger partial charge in [-0.2, -0.15) is 13.2 Å². The normalized spacial score (nSPS) is 11.1. The number of thiophene rings is 1. The van der Waals surface area contributed by atoms with Crippen LogP contribution in [0.4, 0.5) is 13.2 Å². The molecule has 0 bridgehead atoms. The van der Waals surface area contributed by atoms with E-state index < -0.39 is 35.8 Å². The third-order valence-corrected chi connectivity index (χ3v) is 3.70. The van der Waals surface area contributed by atoms with Gasteiger partial charge < -0.3 is 10.1 Å². The standard InChI is InChI=1S/C15H12F3NO3S/c16-15(17,18)12-6-2-1-5-11(12)14(21)22-9-13(20)19-8-10-4-3-7-23-10/h1-7H,8-9H2,(H,19,20). The van der Waals surface area contributed by atoms with E-state index in [2.05, 4.69) is 10.1 Å². The second-order valence-electron chi connectivity index (χ2n) is 4.48. The fraction of sp³-hybridized carbons (Fsp3) is 0.200. The van der Waals surface area contributed by atoms with Gasteiger partial charge in [-0.1, -0.05) is 18.2 Å². The van der Waals surface area contributed by atoms with Crippen LogP contribution >= 0.6 is 11.3 Å². The number of benzene rings is 1. The molecule has 0 aliphatic heterocycles. The van der Waals surface area contributed by atoms with Crippen molar-refractivity contribution in [1.82, 2.24) is 5.32 Å². The summed E-state index contributed by atoms with van der Waals surface area (Å²) in [7, 11) is 0. The molecule has 0 unspecified atom stereocenters. The Hall–Kier alpha value is -2.35. The van der Waals surface area contributed by atoms with Crippen LogP contribution in [0.1, 0.15) is 20.8 Å². The Kier molecular flexibility index (Phi) is 5.38. The molecular weight excluding hydrogens is 331 g/mol. The van der Waals surface area contributed by atoms with E-state index in [0.29, 0.717) is 0 Å². The topological polar surface area (TPSA) is 55.4 Å². The smallest absolute Gasteiger partial charge is 0.417 e. The van der Waals surface area contributed by atoms with E-state index in [4.69, 9.17) is 0 Å². The van der Waals surface area contributed by atoms with Gasteiger partial charge in [0.1, 0.15) is 0 Å². The van der Waals surface area contributed by atoms with E-state index in [1.165, 1.54) is 23.5 Å². The average molecular weight is 343 g/mol. The molecule has 0 radical (unpaired) electrons. The van der Waals surface area contributed by atoms with Gasteiger partial charge in [0.2, 0.25) is 0 Å². The first-order valence-corrected chi connectivity index (χ1v) is 7.38. The van der Waals surface area contributed by atoms with E-state index in [9.17, 15) is 22.8 Å². The van der Waals surface area contributed by atoms with Crippen molar-refractivity contribution < 1.29 is 27.5 Å². The second-order valence-corrected chi connectivity index (χ2v) is 5.51. The number of nitrogens with one attached hydrogen (secondary N) is 1. The number of amides is 1. The molecule has 4 nitrogen and oxygen atoms in total. The molecule has 0 aliphatic carbocycles. The maximum absolute atomic E-state index is 12.8. The Labute approximate surface area is 133 Å². The third kappa shape index (κ3) is 4.82. The number of esters is 1. The maximum Gasteiger partial charge on any atom is 0.417 e. The first kappa shape index (κ1) is 17.0. The van der Waals surface area contributed by atoms with Gasteiger partial charge in [0.05, 0.1) is 17.7 Å². The number of halogens is 3. The number of carbonyl (C=O) groups excluding carboxylic acids is 2. The molecule has 8 heteroatoms. The van der Waals surface area contributed by atoms with E-state index >= 15 is 0 Å². The van der Waals surface area contributed by atoms with Crippen molar-refractivity contribution >= 4 is 23.2 Å². The molecule has 0 saturated carbocycles. The summed E-state index contributed by atoms with van der Waals surface area (Å²) in [5, 5.41) is 4.35. The molecule has 1 amide bonds. The van der Waals surface area contributed by atoms with Crippen molar-refractivity contribution in [3.8, 4) is 0 Å². The van der Waals surface area contributed by atoms with Gasteiger partial charge in [0.15, 0.2) is 6.61 Å². The predicted octanol–water partition coefficient (Wildman–Crippen LogP) is 3.24. The Balaban J connectivity index is 1.91. The molecule has 2 aromatic rings. The molecule has 23 heavy (non-hydrogen) atoms. The minimum atomic E-state index is -4.67. The van der Waals surface area contributed by atoms with Gasteiger partial charge in [-0.15, -0.1) is 11.3 Å². The highest BCUT2D eigenvalue weighted by Gasteiger charge is 2.35. The zero-order chi connectivity index (χ0) is 16.9. The molecule has 0 aliphatic rings. The van der Waals surface area contributed by atoms with Crippen molar-refractivity contribution in [1.29, 1.82) is 0 Å². The highest BCUT2D eigenvalue weighted by atomic mass is 32.1. The van der Waals surface area contributed by atoms with Crippen molar-refractivity contribution in [2.24, 2.45) is 0 Å². The van der Waals surface area contributed by atoms with Crippen LogP contribution in [0.2, 0.25) is 0 Å². The molecule has 1 aromatic heterocycles. The molecule has 1 N–H and O–H groups in total. The first-order chi connectivity index (χ1) is 10.9. The largest absolute Gasteiger partial charge is 0.452 e. The molecule has 2 rings (SSSR count). The maximum atomic E-state index is 12.8. The van der Waals surface area contributed by atoms with Gasteiger partial charge in [-0.05, 0) is 23.6 Å². The quantitative estimate of drug-likeness (QED) is 0.848. The summed E-state index contributed by atoms with van der Waals surface area (Å²) in [5.41, 5.74) is -1.71. The first-order valence-electron chi connectivity index (χ1n) is 6.50. The third-order valence-electron chi connectivity index (χ3n) is 2.83. The van der Waals surface area contributed by atoms with E-state index in [1.54, 1.807) is 0 Å². The number of rotatable bonds is 5. The van der Waals surface area contributed by atoms with Crippen LogP contribution in [-0.2, 0) is 22.3 Å². The summed E-state index contributed by atoms with van der Waals surface area (Å²) in [4.78, 5) is 24.2. The Morgan fingerprint density at radius 1 is 1.13 bits per heavy atom. The summed E-state index contributed by atoms with van der Waals surface area (Å²) in [6.07, 6.45) is -4.67. The highest BCUT2D eigenvalue weighted by Crippen LogP contribution is 2.32. The molecule has 122 valence electrons. The van der Waals surface area contributed by atoms with Crippen LogP contribution in [0.15, 0.2) is 41.8 Å². The average Bonchev–Trinajstić information content (AvgIpc) is 3.03. The molecule has 0 atom stereocenters. The lowest BCUT2D eigenvalue weighted by atomic mass is 10.1. The zero-order valence-electron chi connectivity index (χ0n) is 11.7. The van der Waals surface area contributed by atoms with E-state index in [-0.39, 0.29) is 6.54 Å². The van der Waals surface area contributed by atoms with Gasteiger partial charge in [-0.3, -0.25) is 4.79 Å². The fourth-order valence-corrected chi connectivity index (χ4v) is 2.41. The van der Waals surface area contributed by atoms with Crippen LogP contribution in [0.25, 0.3) is 0 Å². The molecule has 0 spiro atoms. The minimum absolute atomic E-state index is 0.271. The monoisotopic (exact) mass is 343 g/mol. The minimum Gasteiger partial charge on any atom is -0.452 e. The number of ether oxygens (including phenoxy) is 1. The van der Waals surface area contributed by atoms with Crippen molar-refractivity contribution in [3.63, 3.8) is 0 Å². The molecular formula is C15H12F3NO3S. The van der Waals surface area contributed by atoms with Crippen LogP contribution < -0.4 is 5.32 Å². The van der Waals surface area contributed by atoms with E-state index in [0.717, 1.165) is 17.0 Å². The predicted molar refractivity (Wildman–Crippen MR) is 77.9 cm³/mol. The van der Waals surface area contributed by atoms with Crippen LogP contribution in [0.3, 0.4) is 0 Å². The number of hydrogen-bond acceptors (Lipinski definition) is 4. The van der Waals surface area contributed by atoms with Crippen molar-refractivity contribution in [2.45, 2.75) is 12.7 Å². The summed E-state index contributed by atoms with van der Waals surface area (Å²) >= 11 is 1.44. The van der Waals surface area contributed by atoms with Crippen LogP contribution in [0.5, 0.6) is 0 Å². The molecule has 1 aromatic carbocycles.